The van der Waals surface area contributed by atoms with Crippen molar-refractivity contribution >= 4 is 69.2 Å². The molecule has 0 unspecified atom stereocenters. The van der Waals surface area contributed by atoms with Gasteiger partial charge < -0.3 is 37.5 Å². The van der Waals surface area contributed by atoms with Gasteiger partial charge in [-0.3, -0.25) is 9.97 Å². The van der Waals surface area contributed by atoms with Crippen molar-refractivity contribution in [2.75, 3.05) is 19.8 Å². The summed E-state index contributed by atoms with van der Waals surface area (Å²) in [5.74, 6) is 2.96. The van der Waals surface area contributed by atoms with E-state index in [1.807, 2.05) is 133 Å². The summed E-state index contributed by atoms with van der Waals surface area (Å²) in [4.78, 5) is 13.3. The highest BCUT2D eigenvalue weighted by Crippen LogP contribution is 2.45. The van der Waals surface area contributed by atoms with Crippen LogP contribution in [0.15, 0.2) is 144 Å². The summed E-state index contributed by atoms with van der Waals surface area (Å²) in [6.45, 7) is 24.6. The van der Waals surface area contributed by atoms with Gasteiger partial charge in [0.15, 0.2) is 0 Å². The van der Waals surface area contributed by atoms with Gasteiger partial charge in [-0.25, -0.2) is 0 Å². The quantitative estimate of drug-likeness (QED) is 0.158. The van der Waals surface area contributed by atoms with E-state index in [9.17, 15) is 0 Å². The fraction of sp³-hybridized carbons (Fsp3) is 0.385. The number of hydrogen-bond acceptors (Lipinski definition) is 13. The van der Waals surface area contributed by atoms with Crippen LogP contribution in [-0.4, -0.2) is 72.7 Å². The molecule has 0 radical (unpaired) electrons. The predicted molar refractivity (Wildman–Crippen MR) is 345 cm³/mol. The van der Waals surface area contributed by atoms with Gasteiger partial charge in [-0.15, -0.1) is 34.0 Å². The molecule has 0 bridgehead atoms. The zero-order valence-corrected chi connectivity index (χ0v) is 50.6. The SMILES string of the molecule is Brc1cc2c(s1)-c1ccccc1OCC2.C.C.C.CC(C)OB1OC(C)(C)C(C)(C)O1.CC1(C)OB(c2cc3c(s2)-c2ccccc2OCC3)OC1(C)C.Cc1cccnc1.c1cncc(-c2cc3c(s2)-c2ccccc2OCC3)c1. The van der Waals surface area contributed by atoms with E-state index in [-0.39, 0.29) is 57.9 Å². The first kappa shape index (κ1) is 65.0. The largest absolute Gasteiger partial charge is 0.640 e. The van der Waals surface area contributed by atoms with E-state index in [0.29, 0.717) is 6.61 Å². The zero-order valence-electron chi connectivity index (χ0n) is 46.5. The van der Waals surface area contributed by atoms with E-state index in [4.69, 9.17) is 37.5 Å². The average molecular weight is 1220 g/mol. The highest BCUT2D eigenvalue weighted by Gasteiger charge is 2.54. The Bertz CT molecular complexity index is 3240. The fourth-order valence-electron chi connectivity index (χ4n) is 8.91. The van der Waals surface area contributed by atoms with Gasteiger partial charge in [-0.05, 0) is 181 Å². The number of halogens is 1. The molecular formula is C65H81B2BrN2O8S3. The van der Waals surface area contributed by atoms with Crippen molar-refractivity contribution < 1.29 is 37.5 Å². The van der Waals surface area contributed by atoms with Crippen LogP contribution in [0.3, 0.4) is 0 Å². The first-order chi connectivity index (χ1) is 37.3. The van der Waals surface area contributed by atoms with Gasteiger partial charge in [0, 0.05) is 96.7 Å². The summed E-state index contributed by atoms with van der Waals surface area (Å²) < 4.78 is 48.9. The molecule has 8 aromatic rings. The van der Waals surface area contributed by atoms with Crippen LogP contribution in [0, 0.1) is 6.92 Å². The van der Waals surface area contributed by atoms with Gasteiger partial charge in [0.2, 0.25) is 0 Å². The molecule has 2 fully saturated rings. The Balaban J connectivity index is 0.000000168. The summed E-state index contributed by atoms with van der Waals surface area (Å²) in [7, 11) is -0.810. The van der Waals surface area contributed by atoms with Gasteiger partial charge in [-0.1, -0.05) is 70.8 Å². The van der Waals surface area contributed by atoms with Crippen LogP contribution in [0.25, 0.3) is 41.8 Å². The second-order valence-electron chi connectivity index (χ2n) is 21.7. The first-order valence-corrected chi connectivity index (χ1v) is 29.9. The molecule has 430 valence electrons. The molecule has 2 saturated heterocycles. The maximum Gasteiger partial charge on any atom is 0.640 e. The number of thiophene rings is 3. The second kappa shape index (κ2) is 28.0. The molecule has 0 spiro atoms. The number of nitrogens with zero attached hydrogens (tertiary/aromatic N) is 2. The second-order valence-corrected chi connectivity index (χ2v) is 26.3. The Kier molecular flexibility index (Phi) is 22.5. The van der Waals surface area contributed by atoms with Crippen LogP contribution in [0.1, 0.15) is 114 Å². The van der Waals surface area contributed by atoms with Crippen LogP contribution in [0.4, 0.5) is 0 Å². The lowest BCUT2D eigenvalue weighted by Crippen LogP contribution is -2.41. The van der Waals surface area contributed by atoms with Gasteiger partial charge >= 0.3 is 14.4 Å². The third kappa shape index (κ3) is 15.6. The molecule has 0 saturated carbocycles. The summed E-state index contributed by atoms with van der Waals surface area (Å²) in [5, 5.41) is 0. The average Bonchev–Trinajstić information content (AvgIpc) is 4.37. The predicted octanol–water partition coefficient (Wildman–Crippen LogP) is 17.5. The minimum absolute atomic E-state index is 0. The third-order valence-electron chi connectivity index (χ3n) is 14.6. The minimum atomic E-state index is -0.523. The topological polar surface area (TPSA) is 99.6 Å². The Morgan fingerprint density at radius 1 is 0.519 bits per heavy atom. The Labute approximate surface area is 504 Å². The number of pyridine rings is 2. The van der Waals surface area contributed by atoms with Crippen molar-refractivity contribution in [1.29, 1.82) is 0 Å². The van der Waals surface area contributed by atoms with E-state index in [0.717, 1.165) is 54.5 Å². The molecule has 0 aliphatic carbocycles. The summed E-state index contributed by atoms with van der Waals surface area (Å²) in [5.41, 5.74) is 8.87. The minimum Gasteiger partial charge on any atom is -0.493 e. The highest BCUT2D eigenvalue weighted by atomic mass is 79.9. The molecule has 0 N–H and O–H groups in total. The van der Waals surface area contributed by atoms with Crippen molar-refractivity contribution in [3.8, 4) is 59.0 Å². The molecule has 5 aromatic heterocycles. The van der Waals surface area contributed by atoms with E-state index in [2.05, 4.69) is 114 Å². The Morgan fingerprint density at radius 3 is 1.40 bits per heavy atom. The Morgan fingerprint density at radius 2 is 0.951 bits per heavy atom. The maximum atomic E-state index is 6.20. The van der Waals surface area contributed by atoms with Crippen LogP contribution in [-0.2, 0) is 42.5 Å². The standard InChI is InChI=1S/C18H21BO3S.C17H13NOS.C12H9BrOS.C9H19BO3.C6H7N.3CH4/c1-17(2)18(3,4)22-19(21-17)15-11-12-9-10-20-14-8-6-5-7-13(14)16(12)23-15;1-2-6-15-14(5-1)17-12(7-9-19-15)10-16(20-17)13-4-3-8-18-11-13;13-11-7-8-5-6-14-10-4-2-1-3-9(10)12(8)15-11;1-7(2)11-10-12-8(3,4)9(5,6)13-10;1-6-3-2-4-7-5-6;;;/h5-8,11H,9-10H2,1-4H3;1-6,8,10-11H,7,9H2;1-4,7H,5-6H2;7H,1-6H3;2-5H,1H3;3*1H4. The van der Waals surface area contributed by atoms with E-state index >= 15 is 0 Å². The van der Waals surface area contributed by atoms with E-state index in [1.54, 1.807) is 28.9 Å². The molecular weight excluding hydrogens is 1130 g/mol. The van der Waals surface area contributed by atoms with Crippen LogP contribution in [0.2, 0.25) is 0 Å². The van der Waals surface area contributed by atoms with Gasteiger partial charge in [0.05, 0.1) is 46.0 Å². The monoisotopic (exact) mass is 1210 g/mol. The number of para-hydroxylation sites is 3. The molecule has 81 heavy (non-hydrogen) atoms. The van der Waals surface area contributed by atoms with Crippen LogP contribution >= 0.6 is 49.9 Å². The van der Waals surface area contributed by atoms with Crippen molar-refractivity contribution in [2.45, 2.75) is 146 Å². The zero-order chi connectivity index (χ0) is 55.2. The molecule has 0 atom stereocenters. The van der Waals surface area contributed by atoms with Crippen molar-refractivity contribution in [1.82, 2.24) is 9.97 Å². The Hall–Kier alpha value is -5.13. The molecule has 3 aromatic carbocycles. The van der Waals surface area contributed by atoms with E-state index in [1.165, 1.54) is 67.8 Å². The number of aryl methyl sites for hydroxylation is 1. The lowest BCUT2D eigenvalue weighted by atomic mass is 9.87. The van der Waals surface area contributed by atoms with Gasteiger partial charge in [-0.2, -0.15) is 0 Å². The summed E-state index contributed by atoms with van der Waals surface area (Å²) in [6.07, 6.45) is 10.3. The number of ether oxygens (including phenoxy) is 3. The van der Waals surface area contributed by atoms with Crippen LogP contribution in [0.5, 0.6) is 17.2 Å². The highest BCUT2D eigenvalue weighted by molar-refractivity contribution is 9.11. The molecule has 10 heterocycles. The van der Waals surface area contributed by atoms with Crippen molar-refractivity contribution in [3.63, 3.8) is 0 Å². The maximum absolute atomic E-state index is 6.20. The van der Waals surface area contributed by atoms with Crippen molar-refractivity contribution in [3.05, 3.63) is 166 Å². The lowest BCUT2D eigenvalue weighted by Gasteiger charge is -2.32. The number of aromatic nitrogens is 2. The molecule has 13 rings (SSSR count). The smallest absolute Gasteiger partial charge is 0.493 e. The lowest BCUT2D eigenvalue weighted by molar-refractivity contribution is 0.00578. The normalized spacial score (nSPS) is 16.7. The first-order valence-electron chi connectivity index (χ1n) is 26.6. The van der Waals surface area contributed by atoms with Gasteiger partial charge in [0.1, 0.15) is 17.2 Å². The number of rotatable bonds is 4. The molecule has 5 aliphatic heterocycles. The van der Waals surface area contributed by atoms with Gasteiger partial charge in [0.25, 0.3) is 0 Å². The third-order valence-corrected chi connectivity index (χ3v) is 18.8. The number of benzene rings is 3. The number of hydrogen-bond donors (Lipinski definition) is 0. The molecule has 16 heteroatoms. The van der Waals surface area contributed by atoms with Crippen LogP contribution < -0.4 is 19.0 Å². The molecule has 0 amide bonds. The molecule has 10 nitrogen and oxygen atoms in total. The summed E-state index contributed by atoms with van der Waals surface area (Å²) in [6, 6.07) is 39.5. The number of fused-ring (bicyclic) bond motifs is 9. The summed E-state index contributed by atoms with van der Waals surface area (Å²) >= 11 is 8.91. The van der Waals surface area contributed by atoms with Crippen molar-refractivity contribution in [2.24, 2.45) is 0 Å². The van der Waals surface area contributed by atoms with E-state index < -0.39 is 7.32 Å². The fourth-order valence-corrected chi connectivity index (χ4v) is 13.1. The molecule has 5 aliphatic rings.